The molecule has 122 valence electrons. The Kier molecular flexibility index (Phi) is 6.18. The van der Waals surface area contributed by atoms with Crippen LogP contribution in [0.3, 0.4) is 0 Å². The van der Waals surface area contributed by atoms with Crippen molar-refractivity contribution in [2.45, 2.75) is 27.7 Å². The van der Waals surface area contributed by atoms with Gasteiger partial charge in [-0.25, -0.2) is 4.99 Å². The van der Waals surface area contributed by atoms with Gasteiger partial charge in [0.15, 0.2) is 0 Å². The first kappa shape index (κ1) is 17.5. The van der Waals surface area contributed by atoms with Gasteiger partial charge in [-0.2, -0.15) is 0 Å². The Morgan fingerprint density at radius 1 is 1.00 bits per heavy atom. The minimum absolute atomic E-state index is 0.272. The molecule has 4 heteroatoms. The van der Waals surface area contributed by atoms with E-state index in [2.05, 4.69) is 51.0 Å². The fourth-order valence-corrected chi connectivity index (χ4v) is 3.64. The second-order valence-electron chi connectivity index (χ2n) is 5.53. The molecule has 0 unspecified atom stereocenters. The number of aryl methyl sites for hydroxylation is 2. The lowest BCUT2D eigenvalue weighted by molar-refractivity contribution is 0.475. The zero-order valence-corrected chi connectivity index (χ0v) is 15.2. The lowest BCUT2D eigenvalue weighted by Gasteiger charge is -2.19. The standard InChI is InChI=1S/C19H25N2OP/c1-5-23(6-2)21-19(16-10-12-17(22)13-11-16)20-18-14(3)8-7-9-15(18)4/h7-13,22H,5-6H2,1-4H3,(H,20,21). The van der Waals surface area contributed by atoms with E-state index in [1.807, 2.05) is 12.1 Å². The van der Waals surface area contributed by atoms with Gasteiger partial charge in [-0.1, -0.05) is 32.0 Å². The highest BCUT2D eigenvalue weighted by Crippen LogP contribution is 2.31. The van der Waals surface area contributed by atoms with E-state index in [-0.39, 0.29) is 13.8 Å². The van der Waals surface area contributed by atoms with Crippen LogP contribution in [-0.4, -0.2) is 23.3 Å². The second-order valence-corrected chi connectivity index (χ2v) is 8.10. The van der Waals surface area contributed by atoms with E-state index in [0.717, 1.165) is 29.4 Å². The van der Waals surface area contributed by atoms with Crippen molar-refractivity contribution in [3.63, 3.8) is 0 Å². The highest BCUT2D eigenvalue weighted by atomic mass is 31.1. The summed E-state index contributed by atoms with van der Waals surface area (Å²) in [5.74, 6) is 1.16. The van der Waals surface area contributed by atoms with Crippen LogP contribution in [0.15, 0.2) is 47.5 Å². The third-order valence-corrected chi connectivity index (χ3v) is 5.89. The molecule has 0 bridgehead atoms. The molecule has 0 aliphatic rings. The molecule has 0 amide bonds. The van der Waals surface area contributed by atoms with Gasteiger partial charge < -0.3 is 10.2 Å². The van der Waals surface area contributed by atoms with E-state index >= 15 is 0 Å². The predicted octanol–water partition coefficient (Wildman–Crippen LogP) is 5.11. The van der Waals surface area contributed by atoms with Crippen molar-refractivity contribution in [3.8, 4) is 5.75 Å². The van der Waals surface area contributed by atoms with Gasteiger partial charge >= 0.3 is 0 Å². The van der Waals surface area contributed by atoms with Gasteiger partial charge in [0.05, 0.1) is 5.69 Å². The van der Waals surface area contributed by atoms with E-state index in [4.69, 9.17) is 4.99 Å². The first-order valence-electron chi connectivity index (χ1n) is 8.01. The number of aromatic hydroxyl groups is 1. The molecule has 2 N–H and O–H groups in total. The van der Waals surface area contributed by atoms with Gasteiger partial charge in [-0.05, 0) is 69.6 Å². The van der Waals surface area contributed by atoms with Crippen LogP contribution in [0.25, 0.3) is 0 Å². The summed E-state index contributed by atoms with van der Waals surface area (Å²) in [6.07, 6.45) is 2.21. The Morgan fingerprint density at radius 3 is 2.09 bits per heavy atom. The average molecular weight is 328 g/mol. The van der Waals surface area contributed by atoms with Gasteiger partial charge in [0, 0.05) is 5.56 Å². The highest BCUT2D eigenvalue weighted by molar-refractivity contribution is 7.56. The Hall–Kier alpha value is -1.86. The first-order chi connectivity index (χ1) is 11.0. The maximum Gasteiger partial charge on any atom is 0.137 e. The number of nitrogens with one attached hydrogen (secondary N) is 1. The summed E-state index contributed by atoms with van der Waals surface area (Å²) in [7, 11) is -0.286. The SMILES string of the molecule is CCP(CC)N/C(=N/c1c(C)cccc1C)c1ccc(O)cc1. The van der Waals surface area contributed by atoms with Crippen LogP contribution in [0.1, 0.15) is 30.5 Å². The fraction of sp³-hybridized carbons (Fsp3) is 0.316. The van der Waals surface area contributed by atoms with Gasteiger partial charge in [0.2, 0.25) is 0 Å². The maximum atomic E-state index is 9.53. The third kappa shape index (κ3) is 4.56. The summed E-state index contributed by atoms with van der Waals surface area (Å²) >= 11 is 0. The highest BCUT2D eigenvalue weighted by Gasteiger charge is 2.11. The van der Waals surface area contributed by atoms with Crippen molar-refractivity contribution in [1.82, 2.24) is 5.09 Å². The van der Waals surface area contributed by atoms with Crippen LogP contribution >= 0.6 is 8.07 Å². The Balaban J connectivity index is 2.48. The number of rotatable bonds is 5. The van der Waals surface area contributed by atoms with Gasteiger partial charge in [-0.3, -0.25) is 0 Å². The maximum absolute atomic E-state index is 9.53. The molecule has 0 aliphatic heterocycles. The van der Waals surface area contributed by atoms with E-state index in [9.17, 15) is 5.11 Å². The summed E-state index contributed by atoms with van der Waals surface area (Å²) in [6, 6.07) is 13.5. The number of hydrogen-bond donors (Lipinski definition) is 2. The molecule has 0 fully saturated rings. The average Bonchev–Trinajstić information content (AvgIpc) is 2.55. The van der Waals surface area contributed by atoms with Crippen LogP contribution in [0.2, 0.25) is 0 Å². The minimum atomic E-state index is -0.286. The smallest absolute Gasteiger partial charge is 0.137 e. The molecule has 0 saturated heterocycles. The van der Waals surface area contributed by atoms with Crippen molar-refractivity contribution in [3.05, 3.63) is 59.2 Å². The van der Waals surface area contributed by atoms with Crippen LogP contribution in [-0.2, 0) is 0 Å². The molecule has 0 heterocycles. The molecule has 0 aliphatic carbocycles. The number of aliphatic imine (C=N–C) groups is 1. The van der Waals surface area contributed by atoms with Crippen molar-refractivity contribution in [2.24, 2.45) is 4.99 Å². The monoisotopic (exact) mass is 328 g/mol. The summed E-state index contributed by atoms with van der Waals surface area (Å²) in [5.41, 5.74) is 4.35. The number of para-hydroxylation sites is 1. The molecule has 3 nitrogen and oxygen atoms in total. The van der Waals surface area contributed by atoms with Gasteiger partial charge in [0.25, 0.3) is 0 Å². The number of benzene rings is 2. The van der Waals surface area contributed by atoms with Crippen LogP contribution < -0.4 is 5.09 Å². The summed E-state index contributed by atoms with van der Waals surface area (Å²) < 4.78 is 0. The molecular weight excluding hydrogens is 303 g/mol. The Morgan fingerprint density at radius 2 is 1.57 bits per heavy atom. The van der Waals surface area contributed by atoms with E-state index < -0.39 is 0 Å². The molecule has 0 aromatic heterocycles. The summed E-state index contributed by atoms with van der Waals surface area (Å²) in [6.45, 7) is 8.58. The number of phenolic OH excluding ortho intramolecular Hbond substituents is 1. The topological polar surface area (TPSA) is 44.6 Å². The molecule has 0 atom stereocenters. The minimum Gasteiger partial charge on any atom is -0.508 e. The van der Waals surface area contributed by atoms with Crippen molar-refractivity contribution in [2.75, 3.05) is 12.3 Å². The largest absolute Gasteiger partial charge is 0.508 e. The molecule has 0 saturated carbocycles. The van der Waals surface area contributed by atoms with E-state index in [1.54, 1.807) is 12.1 Å². The van der Waals surface area contributed by atoms with Crippen molar-refractivity contribution < 1.29 is 5.11 Å². The Labute approximate surface area is 140 Å². The number of hydrogen-bond acceptors (Lipinski definition) is 2. The van der Waals surface area contributed by atoms with Crippen LogP contribution in [0.5, 0.6) is 5.75 Å². The second kappa shape index (κ2) is 8.12. The predicted molar refractivity (Wildman–Crippen MR) is 101 cm³/mol. The summed E-state index contributed by atoms with van der Waals surface area (Å²) in [5, 5.41) is 13.2. The fourth-order valence-electron chi connectivity index (χ4n) is 2.40. The summed E-state index contributed by atoms with van der Waals surface area (Å²) in [4.78, 5) is 4.93. The number of nitrogens with zero attached hydrogens (tertiary/aromatic N) is 1. The van der Waals surface area contributed by atoms with E-state index in [0.29, 0.717) is 0 Å². The number of phenols is 1. The van der Waals surface area contributed by atoms with Gasteiger partial charge in [-0.15, -0.1) is 0 Å². The molecule has 2 aromatic rings. The van der Waals surface area contributed by atoms with Crippen molar-refractivity contribution >= 4 is 19.6 Å². The lowest BCUT2D eigenvalue weighted by atomic mass is 10.1. The van der Waals surface area contributed by atoms with Crippen LogP contribution in [0, 0.1) is 13.8 Å². The first-order valence-corrected chi connectivity index (χ1v) is 9.72. The molecule has 2 aromatic carbocycles. The molecular formula is C19H25N2OP. The molecule has 0 radical (unpaired) electrons. The Bertz CT molecular complexity index is 656. The van der Waals surface area contributed by atoms with E-state index in [1.165, 1.54) is 11.1 Å². The zero-order chi connectivity index (χ0) is 16.8. The molecule has 2 rings (SSSR count). The number of amidine groups is 1. The van der Waals surface area contributed by atoms with Crippen molar-refractivity contribution in [1.29, 1.82) is 0 Å². The molecule has 0 spiro atoms. The van der Waals surface area contributed by atoms with Gasteiger partial charge in [0.1, 0.15) is 11.6 Å². The molecule has 23 heavy (non-hydrogen) atoms. The quantitative estimate of drug-likeness (QED) is 0.455. The zero-order valence-electron chi connectivity index (χ0n) is 14.3. The third-order valence-electron chi connectivity index (χ3n) is 3.83. The normalized spacial score (nSPS) is 11.8. The lowest BCUT2D eigenvalue weighted by Crippen LogP contribution is -2.21. The van der Waals surface area contributed by atoms with Crippen LogP contribution in [0.4, 0.5) is 5.69 Å².